The Labute approximate surface area is 96.8 Å². The molecule has 4 nitrogen and oxygen atoms in total. The molecule has 0 aromatic heterocycles. The fourth-order valence-electron chi connectivity index (χ4n) is 3.50. The number of nitrogens with one attached hydrogen (secondary N) is 1. The van der Waals surface area contributed by atoms with E-state index in [4.69, 9.17) is 0 Å². The third-order valence-electron chi connectivity index (χ3n) is 4.89. The largest absolute Gasteiger partial charge is 0.299 e. The van der Waals surface area contributed by atoms with Gasteiger partial charge in [-0.3, -0.25) is 4.79 Å². The molecule has 0 aromatic carbocycles. The molecular weight excluding hydrogens is 226 g/mol. The maximum Gasteiger partial charge on any atom is 0.212 e. The Morgan fingerprint density at radius 3 is 2.44 bits per heavy atom. The lowest BCUT2D eigenvalue weighted by molar-refractivity contribution is -0.128. The normalized spacial score (nSPS) is 36.9. The lowest BCUT2D eigenvalue weighted by Gasteiger charge is -2.35. The average Bonchev–Trinajstić information content (AvgIpc) is 2.51. The van der Waals surface area contributed by atoms with Gasteiger partial charge >= 0.3 is 0 Å². The lowest BCUT2D eigenvalue weighted by Crippen LogP contribution is -2.44. The van der Waals surface area contributed by atoms with Gasteiger partial charge in [-0.2, -0.15) is 0 Å². The van der Waals surface area contributed by atoms with Crippen LogP contribution in [0.2, 0.25) is 0 Å². The second kappa shape index (κ2) is 3.29. The van der Waals surface area contributed by atoms with Crippen molar-refractivity contribution in [3.8, 4) is 0 Å². The molecule has 0 aliphatic heterocycles. The average molecular weight is 245 g/mol. The van der Waals surface area contributed by atoms with Crippen LogP contribution in [0.5, 0.6) is 0 Å². The number of carbonyl (C=O) groups excluding carboxylic acids is 1. The molecule has 2 saturated carbocycles. The van der Waals surface area contributed by atoms with Crippen LogP contribution in [-0.2, 0) is 14.8 Å². The van der Waals surface area contributed by atoms with Gasteiger partial charge in [-0.05, 0) is 31.2 Å². The van der Waals surface area contributed by atoms with Gasteiger partial charge in [-0.15, -0.1) is 0 Å². The number of hydrogen-bond acceptors (Lipinski definition) is 3. The van der Waals surface area contributed by atoms with Crippen LogP contribution < -0.4 is 4.72 Å². The highest BCUT2D eigenvalue weighted by Crippen LogP contribution is 2.64. The van der Waals surface area contributed by atoms with Crippen molar-refractivity contribution in [1.82, 2.24) is 4.72 Å². The van der Waals surface area contributed by atoms with Crippen molar-refractivity contribution in [3.05, 3.63) is 0 Å². The van der Waals surface area contributed by atoms with Gasteiger partial charge in [0.2, 0.25) is 10.0 Å². The SMILES string of the molecule is CNS(=O)(=O)C[C@@]12CC[C@H](CC1=O)C2(C)C. The van der Waals surface area contributed by atoms with E-state index >= 15 is 0 Å². The summed E-state index contributed by atoms with van der Waals surface area (Å²) in [6, 6.07) is 0. The van der Waals surface area contributed by atoms with Gasteiger partial charge in [0, 0.05) is 11.8 Å². The van der Waals surface area contributed by atoms with Gasteiger partial charge in [0.05, 0.1) is 5.75 Å². The van der Waals surface area contributed by atoms with Crippen LogP contribution in [-0.4, -0.2) is 27.0 Å². The van der Waals surface area contributed by atoms with Crippen LogP contribution in [0.1, 0.15) is 33.1 Å². The molecule has 0 aromatic rings. The predicted octanol–water partition coefficient (Wildman–Crippen LogP) is 0.931. The van der Waals surface area contributed by atoms with Crippen molar-refractivity contribution in [2.75, 3.05) is 12.8 Å². The zero-order valence-electron chi connectivity index (χ0n) is 10.0. The summed E-state index contributed by atoms with van der Waals surface area (Å²) in [5, 5.41) is 0. The molecule has 5 heteroatoms. The molecule has 92 valence electrons. The molecule has 0 radical (unpaired) electrons. The molecule has 0 heterocycles. The topological polar surface area (TPSA) is 63.2 Å². The number of rotatable bonds is 3. The predicted molar refractivity (Wildman–Crippen MR) is 61.4 cm³/mol. The minimum Gasteiger partial charge on any atom is -0.299 e. The molecule has 0 spiro atoms. The molecular formula is C11H19NO3S. The van der Waals surface area contributed by atoms with Crippen molar-refractivity contribution < 1.29 is 13.2 Å². The summed E-state index contributed by atoms with van der Waals surface area (Å²) in [6.45, 7) is 4.08. The standard InChI is InChI=1S/C11H19NO3S/c1-10(2)8-4-5-11(10,9(13)6-8)7-16(14,15)12-3/h8,12H,4-7H2,1-3H3/t8-,11+/m1/s1. The number of hydrogen-bond donors (Lipinski definition) is 1. The maximum atomic E-state index is 12.1. The molecule has 2 bridgehead atoms. The number of Topliss-reactive ketones (excluding diaryl/α,β-unsaturated/α-hetero) is 1. The molecule has 0 unspecified atom stereocenters. The third kappa shape index (κ3) is 1.37. The van der Waals surface area contributed by atoms with E-state index in [2.05, 4.69) is 4.72 Å². The van der Waals surface area contributed by atoms with Crippen LogP contribution in [0.25, 0.3) is 0 Å². The molecule has 2 atom stereocenters. The smallest absolute Gasteiger partial charge is 0.212 e. The van der Waals surface area contributed by atoms with Gasteiger partial charge < -0.3 is 0 Å². The number of ketones is 1. The summed E-state index contributed by atoms with van der Waals surface area (Å²) in [6.07, 6.45) is 2.27. The number of sulfonamides is 1. The molecule has 0 amide bonds. The maximum absolute atomic E-state index is 12.1. The zero-order chi connectivity index (χ0) is 12.2. The minimum absolute atomic E-state index is 0.0428. The Kier molecular flexibility index (Phi) is 2.48. The second-order valence-electron chi connectivity index (χ2n) is 5.63. The fraction of sp³-hybridized carbons (Fsp3) is 0.909. The van der Waals surface area contributed by atoms with E-state index in [0.717, 1.165) is 12.8 Å². The summed E-state index contributed by atoms with van der Waals surface area (Å²) < 4.78 is 25.7. The summed E-state index contributed by atoms with van der Waals surface area (Å²) in [5.41, 5.74) is -0.812. The van der Waals surface area contributed by atoms with Crippen molar-refractivity contribution >= 4 is 15.8 Å². The first-order chi connectivity index (χ1) is 7.25. The number of carbonyl (C=O) groups is 1. The van der Waals surface area contributed by atoms with Crippen molar-refractivity contribution in [2.45, 2.75) is 33.1 Å². The minimum atomic E-state index is -3.32. The second-order valence-corrected chi connectivity index (χ2v) is 7.56. The Morgan fingerprint density at radius 1 is 1.44 bits per heavy atom. The van der Waals surface area contributed by atoms with Crippen LogP contribution in [0.3, 0.4) is 0 Å². The molecule has 2 aliphatic rings. The summed E-state index contributed by atoms with van der Waals surface area (Å²) >= 11 is 0. The van der Waals surface area contributed by atoms with Gasteiger partial charge in [-0.1, -0.05) is 13.8 Å². The molecule has 2 fully saturated rings. The monoisotopic (exact) mass is 245 g/mol. The molecule has 1 N–H and O–H groups in total. The van der Waals surface area contributed by atoms with Crippen LogP contribution in [0, 0.1) is 16.7 Å². The Morgan fingerprint density at radius 2 is 2.06 bits per heavy atom. The quantitative estimate of drug-likeness (QED) is 0.804. The summed E-state index contributed by atoms with van der Waals surface area (Å²) in [7, 11) is -1.91. The Bertz CT molecular complexity index is 427. The van der Waals surface area contributed by atoms with Crippen LogP contribution >= 0.6 is 0 Å². The third-order valence-corrected chi connectivity index (χ3v) is 6.38. The van der Waals surface area contributed by atoms with Crippen molar-refractivity contribution in [2.24, 2.45) is 16.7 Å². The zero-order valence-corrected chi connectivity index (χ0v) is 10.9. The lowest BCUT2D eigenvalue weighted by atomic mass is 9.70. The molecule has 0 saturated heterocycles. The number of fused-ring (bicyclic) bond motifs is 2. The van der Waals surface area contributed by atoms with Gasteiger partial charge in [0.25, 0.3) is 0 Å². The van der Waals surface area contributed by atoms with E-state index in [1.165, 1.54) is 7.05 Å². The van der Waals surface area contributed by atoms with E-state index in [9.17, 15) is 13.2 Å². The summed E-state index contributed by atoms with van der Waals surface area (Å²) in [5.74, 6) is 0.471. The van der Waals surface area contributed by atoms with E-state index < -0.39 is 15.4 Å². The molecule has 16 heavy (non-hydrogen) atoms. The first-order valence-electron chi connectivity index (χ1n) is 5.70. The van der Waals surface area contributed by atoms with E-state index in [0.29, 0.717) is 12.3 Å². The van der Waals surface area contributed by atoms with E-state index in [1.807, 2.05) is 13.8 Å². The fourth-order valence-corrected chi connectivity index (χ4v) is 4.98. The Hall–Kier alpha value is -0.420. The molecule has 2 rings (SSSR count). The summed E-state index contributed by atoms with van der Waals surface area (Å²) in [4.78, 5) is 12.1. The van der Waals surface area contributed by atoms with Crippen LogP contribution in [0.15, 0.2) is 0 Å². The van der Waals surface area contributed by atoms with E-state index in [1.54, 1.807) is 0 Å². The van der Waals surface area contributed by atoms with Gasteiger partial charge in [0.1, 0.15) is 5.78 Å². The van der Waals surface area contributed by atoms with Crippen molar-refractivity contribution in [3.63, 3.8) is 0 Å². The van der Waals surface area contributed by atoms with Gasteiger partial charge in [0.15, 0.2) is 0 Å². The van der Waals surface area contributed by atoms with E-state index in [-0.39, 0.29) is 17.0 Å². The Balaban J connectivity index is 2.40. The molecule has 2 aliphatic carbocycles. The van der Waals surface area contributed by atoms with Gasteiger partial charge in [-0.25, -0.2) is 13.1 Å². The first-order valence-corrected chi connectivity index (χ1v) is 7.35. The highest BCUT2D eigenvalue weighted by atomic mass is 32.2. The van der Waals surface area contributed by atoms with Crippen LogP contribution in [0.4, 0.5) is 0 Å². The highest BCUT2D eigenvalue weighted by Gasteiger charge is 2.65. The highest BCUT2D eigenvalue weighted by molar-refractivity contribution is 7.89. The van der Waals surface area contributed by atoms with Crippen molar-refractivity contribution in [1.29, 1.82) is 0 Å². The first kappa shape index (κ1) is 12.0.